The van der Waals surface area contributed by atoms with Gasteiger partial charge in [0.2, 0.25) is 11.8 Å². The average Bonchev–Trinajstić information content (AvgIpc) is 3.52. The number of hydrogen-bond acceptors (Lipinski definition) is 5. The molecule has 1 fully saturated rings. The van der Waals surface area contributed by atoms with Gasteiger partial charge in [0, 0.05) is 17.1 Å². The molecule has 1 atom stereocenters. The lowest BCUT2D eigenvalue weighted by Crippen LogP contribution is -2.45. The number of halogens is 1. The van der Waals surface area contributed by atoms with Crippen LogP contribution in [0.15, 0.2) is 97.1 Å². The molecule has 1 saturated heterocycles. The van der Waals surface area contributed by atoms with Gasteiger partial charge in [-0.3, -0.25) is 14.4 Å². The summed E-state index contributed by atoms with van der Waals surface area (Å²) in [5.41, 5.74) is 5.03. The highest BCUT2D eigenvalue weighted by atomic mass is 35.5. The van der Waals surface area contributed by atoms with E-state index in [1.54, 1.807) is 29.5 Å². The van der Waals surface area contributed by atoms with Crippen LogP contribution in [0, 0.1) is 6.92 Å². The van der Waals surface area contributed by atoms with Gasteiger partial charge in [0.05, 0.1) is 28.7 Å². The lowest BCUT2D eigenvalue weighted by Gasteiger charge is -2.28. The Morgan fingerprint density at radius 2 is 1.71 bits per heavy atom. The smallest absolute Gasteiger partial charge is 0.257 e. The van der Waals surface area contributed by atoms with E-state index in [9.17, 15) is 14.4 Å². The van der Waals surface area contributed by atoms with Gasteiger partial charge in [-0.05, 0) is 66.1 Å². The first-order chi connectivity index (χ1) is 19.9. The molecular weight excluding hydrogens is 554 g/mol. The van der Waals surface area contributed by atoms with Gasteiger partial charge in [-0.2, -0.15) is 0 Å². The Bertz CT molecular complexity index is 1770. The number of hydrogen-bond donors (Lipinski definition) is 0. The van der Waals surface area contributed by atoms with Crippen LogP contribution < -0.4 is 4.90 Å². The highest BCUT2D eigenvalue weighted by Crippen LogP contribution is 2.33. The van der Waals surface area contributed by atoms with Crippen LogP contribution in [0.3, 0.4) is 0 Å². The zero-order valence-electron chi connectivity index (χ0n) is 22.3. The standard InChI is InChI=1S/C33H26ClN3O3S/c1-21-11-16-27-29(17-21)41-32(35-27)23-12-14-25(15-13-23)37-31(39)19-28(33(37)40)36(20-24-9-5-6-10-26(24)34)30(38)18-22-7-3-2-4-8-22/h2-17,28H,18-20H2,1H3. The summed E-state index contributed by atoms with van der Waals surface area (Å²) in [4.78, 5) is 48.0. The summed E-state index contributed by atoms with van der Waals surface area (Å²) in [5, 5.41) is 1.37. The van der Waals surface area contributed by atoms with Crippen LogP contribution in [0.25, 0.3) is 20.8 Å². The van der Waals surface area contributed by atoms with Crippen molar-refractivity contribution in [3.05, 3.63) is 119 Å². The Kier molecular flexibility index (Phi) is 7.39. The fourth-order valence-electron chi connectivity index (χ4n) is 5.09. The van der Waals surface area contributed by atoms with E-state index in [-0.39, 0.29) is 31.2 Å². The predicted molar refractivity (Wildman–Crippen MR) is 163 cm³/mol. The summed E-state index contributed by atoms with van der Waals surface area (Å²) < 4.78 is 1.11. The Balaban J connectivity index is 1.27. The van der Waals surface area contributed by atoms with Crippen molar-refractivity contribution >= 4 is 56.6 Å². The molecule has 204 valence electrons. The van der Waals surface area contributed by atoms with Gasteiger partial charge in [-0.1, -0.05) is 66.2 Å². The van der Waals surface area contributed by atoms with Crippen LogP contribution in [0.1, 0.15) is 23.1 Å². The van der Waals surface area contributed by atoms with Crippen LogP contribution in [-0.4, -0.2) is 33.6 Å². The number of aryl methyl sites for hydroxylation is 1. The maximum atomic E-state index is 13.8. The van der Waals surface area contributed by atoms with Gasteiger partial charge in [-0.25, -0.2) is 9.88 Å². The quantitative estimate of drug-likeness (QED) is 0.198. The topological polar surface area (TPSA) is 70.6 Å². The third-order valence-electron chi connectivity index (χ3n) is 7.23. The summed E-state index contributed by atoms with van der Waals surface area (Å²) in [7, 11) is 0. The minimum atomic E-state index is -0.929. The molecule has 3 amide bonds. The Morgan fingerprint density at radius 3 is 2.46 bits per heavy atom. The number of fused-ring (bicyclic) bond motifs is 1. The molecule has 8 heteroatoms. The van der Waals surface area contributed by atoms with Crippen molar-refractivity contribution in [2.45, 2.75) is 32.4 Å². The molecule has 0 N–H and O–H groups in total. The van der Waals surface area contributed by atoms with Gasteiger partial charge < -0.3 is 4.90 Å². The van der Waals surface area contributed by atoms with Crippen LogP contribution in [0.2, 0.25) is 5.02 Å². The van der Waals surface area contributed by atoms with Crippen molar-refractivity contribution in [1.29, 1.82) is 0 Å². The fraction of sp³-hybridized carbons (Fsp3) is 0.152. The van der Waals surface area contributed by atoms with Gasteiger partial charge in [0.1, 0.15) is 11.0 Å². The van der Waals surface area contributed by atoms with Crippen LogP contribution in [0.4, 0.5) is 5.69 Å². The first-order valence-electron chi connectivity index (χ1n) is 13.3. The number of aromatic nitrogens is 1. The number of thiazole rings is 1. The second kappa shape index (κ2) is 11.3. The second-order valence-electron chi connectivity index (χ2n) is 10.1. The number of imide groups is 1. The molecular formula is C33H26ClN3O3S. The molecule has 6 nitrogen and oxygen atoms in total. The molecule has 1 aliphatic rings. The summed E-state index contributed by atoms with van der Waals surface area (Å²) in [6.45, 7) is 2.18. The third kappa shape index (κ3) is 5.51. The van der Waals surface area contributed by atoms with Crippen molar-refractivity contribution in [3.8, 4) is 10.6 Å². The van der Waals surface area contributed by atoms with Crippen LogP contribution in [-0.2, 0) is 27.3 Å². The number of carbonyl (C=O) groups is 3. The maximum Gasteiger partial charge on any atom is 0.257 e. The lowest BCUT2D eigenvalue weighted by molar-refractivity contribution is -0.138. The van der Waals surface area contributed by atoms with E-state index in [0.717, 1.165) is 26.4 Å². The molecule has 1 unspecified atom stereocenters. The highest BCUT2D eigenvalue weighted by molar-refractivity contribution is 7.21. The van der Waals surface area contributed by atoms with Gasteiger partial charge >= 0.3 is 0 Å². The van der Waals surface area contributed by atoms with Gasteiger partial charge in [0.25, 0.3) is 5.91 Å². The maximum absolute atomic E-state index is 13.8. The lowest BCUT2D eigenvalue weighted by atomic mass is 10.1. The van der Waals surface area contributed by atoms with Crippen molar-refractivity contribution < 1.29 is 14.4 Å². The molecule has 41 heavy (non-hydrogen) atoms. The van der Waals surface area contributed by atoms with Crippen molar-refractivity contribution in [1.82, 2.24) is 9.88 Å². The van der Waals surface area contributed by atoms with E-state index in [0.29, 0.717) is 16.3 Å². The third-order valence-corrected chi connectivity index (χ3v) is 8.67. The normalized spacial score (nSPS) is 15.1. The molecule has 2 heterocycles. The number of rotatable bonds is 7. The van der Waals surface area contributed by atoms with E-state index in [2.05, 4.69) is 13.0 Å². The van der Waals surface area contributed by atoms with Gasteiger partial charge in [-0.15, -0.1) is 11.3 Å². The minimum Gasteiger partial charge on any atom is -0.325 e. The van der Waals surface area contributed by atoms with E-state index in [1.165, 1.54) is 15.4 Å². The Morgan fingerprint density at radius 1 is 0.976 bits per heavy atom. The SMILES string of the molecule is Cc1ccc2nc(-c3ccc(N4C(=O)CC(N(Cc5ccccc5Cl)C(=O)Cc5ccccc5)C4=O)cc3)sc2c1. The molecule has 1 aromatic heterocycles. The van der Waals surface area contributed by atoms with Crippen LogP contribution in [0.5, 0.6) is 0 Å². The zero-order chi connectivity index (χ0) is 28.5. The number of amides is 3. The molecule has 0 aliphatic carbocycles. The predicted octanol–water partition coefficient (Wildman–Crippen LogP) is 6.83. The fourth-order valence-corrected chi connectivity index (χ4v) is 6.36. The Hall–Kier alpha value is -4.33. The summed E-state index contributed by atoms with van der Waals surface area (Å²) >= 11 is 8.02. The molecule has 4 aromatic carbocycles. The second-order valence-corrected chi connectivity index (χ2v) is 11.5. The van der Waals surface area contributed by atoms with Crippen LogP contribution >= 0.6 is 22.9 Å². The first kappa shape index (κ1) is 26.9. The molecule has 0 radical (unpaired) electrons. The molecule has 6 rings (SSSR count). The van der Waals surface area contributed by atoms with Gasteiger partial charge in [0.15, 0.2) is 0 Å². The van der Waals surface area contributed by atoms with Crippen molar-refractivity contribution in [3.63, 3.8) is 0 Å². The zero-order valence-corrected chi connectivity index (χ0v) is 23.9. The number of benzene rings is 4. The van der Waals surface area contributed by atoms with E-state index >= 15 is 0 Å². The highest BCUT2D eigenvalue weighted by Gasteiger charge is 2.44. The summed E-state index contributed by atoms with van der Waals surface area (Å²) in [5.74, 6) is -1.02. The molecule has 1 aliphatic heterocycles. The minimum absolute atomic E-state index is 0.0945. The molecule has 5 aromatic rings. The number of carbonyl (C=O) groups excluding carboxylic acids is 3. The van der Waals surface area contributed by atoms with Crippen molar-refractivity contribution in [2.24, 2.45) is 0 Å². The van der Waals surface area contributed by atoms with E-state index < -0.39 is 11.9 Å². The molecule has 0 saturated carbocycles. The number of anilines is 1. The van der Waals surface area contributed by atoms with E-state index in [1.807, 2.05) is 72.8 Å². The number of nitrogens with zero attached hydrogens (tertiary/aromatic N) is 3. The summed E-state index contributed by atoms with van der Waals surface area (Å²) in [6, 6.07) is 29.1. The van der Waals surface area contributed by atoms with E-state index in [4.69, 9.17) is 16.6 Å². The Labute approximate surface area is 246 Å². The average molecular weight is 580 g/mol. The molecule has 0 spiro atoms. The monoisotopic (exact) mass is 579 g/mol. The first-order valence-corrected chi connectivity index (χ1v) is 14.5. The molecule has 0 bridgehead atoms. The van der Waals surface area contributed by atoms with Crippen molar-refractivity contribution in [2.75, 3.05) is 4.90 Å². The largest absolute Gasteiger partial charge is 0.325 e. The summed E-state index contributed by atoms with van der Waals surface area (Å²) in [6.07, 6.45) is 0.0163.